The molecule has 110 valence electrons. The molecule has 1 aromatic rings. The average Bonchev–Trinajstić information content (AvgIpc) is 2.50. The van der Waals surface area contributed by atoms with E-state index in [4.69, 9.17) is 9.31 Å². The molecule has 1 N–H and O–H groups in total. The Hall–Kier alpha value is -0.845. The first-order valence-electron chi connectivity index (χ1n) is 6.60. The standard InChI is InChI=1S/C14H21BO4S/c1-13(2)14(3,4)19-15(18-13)11-6-7-12(16)10(8-11)9-20(5)17/h6-8,16H,9H2,1-5H3. The van der Waals surface area contributed by atoms with Gasteiger partial charge in [-0.1, -0.05) is 12.1 Å². The molecular formula is C14H21BO4S. The van der Waals surface area contributed by atoms with Gasteiger partial charge in [-0.2, -0.15) is 0 Å². The highest BCUT2D eigenvalue weighted by molar-refractivity contribution is 7.83. The number of rotatable bonds is 3. The van der Waals surface area contributed by atoms with Crippen molar-refractivity contribution in [1.82, 2.24) is 0 Å². The van der Waals surface area contributed by atoms with Crippen molar-refractivity contribution >= 4 is 23.4 Å². The number of benzene rings is 1. The maximum Gasteiger partial charge on any atom is 0.494 e. The maximum absolute atomic E-state index is 11.3. The first kappa shape index (κ1) is 15.5. The quantitative estimate of drug-likeness (QED) is 0.860. The molecule has 20 heavy (non-hydrogen) atoms. The Labute approximate surface area is 123 Å². The number of aromatic hydroxyl groups is 1. The van der Waals surface area contributed by atoms with Crippen LogP contribution in [0.4, 0.5) is 0 Å². The second kappa shape index (κ2) is 5.17. The molecule has 0 amide bonds. The maximum atomic E-state index is 11.3. The van der Waals surface area contributed by atoms with Gasteiger partial charge in [0.2, 0.25) is 0 Å². The van der Waals surface area contributed by atoms with Crippen LogP contribution < -0.4 is 5.46 Å². The van der Waals surface area contributed by atoms with Crippen LogP contribution in [0, 0.1) is 0 Å². The molecule has 1 aromatic carbocycles. The number of phenols is 1. The molecule has 4 nitrogen and oxygen atoms in total. The number of phenolic OH excluding ortho intramolecular Hbond substituents is 1. The topological polar surface area (TPSA) is 55.8 Å². The van der Waals surface area contributed by atoms with E-state index in [-0.39, 0.29) is 5.75 Å². The minimum absolute atomic E-state index is 0.153. The van der Waals surface area contributed by atoms with Crippen LogP contribution in [0.3, 0.4) is 0 Å². The molecule has 0 aromatic heterocycles. The largest absolute Gasteiger partial charge is 0.508 e. The fraction of sp³-hybridized carbons (Fsp3) is 0.571. The molecule has 1 unspecified atom stereocenters. The zero-order valence-corrected chi connectivity index (χ0v) is 13.4. The SMILES string of the molecule is CS(=O)Cc1cc(B2OC(C)(C)C(C)(C)O2)ccc1O. The molecule has 0 saturated carbocycles. The van der Waals surface area contributed by atoms with Crippen molar-refractivity contribution in [1.29, 1.82) is 0 Å². The van der Waals surface area contributed by atoms with Crippen molar-refractivity contribution in [2.75, 3.05) is 6.26 Å². The van der Waals surface area contributed by atoms with E-state index in [0.29, 0.717) is 11.3 Å². The van der Waals surface area contributed by atoms with Crippen LogP contribution in [0.15, 0.2) is 18.2 Å². The van der Waals surface area contributed by atoms with E-state index in [9.17, 15) is 9.32 Å². The summed E-state index contributed by atoms with van der Waals surface area (Å²) in [5, 5.41) is 9.82. The van der Waals surface area contributed by atoms with Crippen LogP contribution in [-0.2, 0) is 25.9 Å². The Morgan fingerprint density at radius 2 is 1.75 bits per heavy atom. The first-order valence-corrected chi connectivity index (χ1v) is 8.32. The van der Waals surface area contributed by atoms with Gasteiger partial charge >= 0.3 is 7.12 Å². The lowest BCUT2D eigenvalue weighted by Crippen LogP contribution is -2.41. The van der Waals surface area contributed by atoms with Crippen molar-refractivity contribution in [3.63, 3.8) is 0 Å². The molecule has 0 bridgehead atoms. The fourth-order valence-electron chi connectivity index (χ4n) is 2.07. The predicted octanol–water partition coefficient (Wildman–Crippen LogP) is 1.57. The van der Waals surface area contributed by atoms with Gasteiger partial charge in [-0.25, -0.2) is 0 Å². The monoisotopic (exact) mass is 296 g/mol. The molecule has 1 fully saturated rings. The second-order valence-electron chi connectivity index (χ2n) is 6.19. The molecule has 1 heterocycles. The molecule has 1 aliphatic rings. The van der Waals surface area contributed by atoms with E-state index < -0.39 is 29.1 Å². The van der Waals surface area contributed by atoms with E-state index in [1.165, 1.54) is 0 Å². The number of hydrogen-bond donors (Lipinski definition) is 1. The van der Waals surface area contributed by atoms with Gasteiger partial charge in [0.25, 0.3) is 0 Å². The molecule has 0 radical (unpaired) electrons. The summed E-state index contributed by atoms with van der Waals surface area (Å²) >= 11 is 0. The lowest BCUT2D eigenvalue weighted by molar-refractivity contribution is 0.00578. The van der Waals surface area contributed by atoms with Gasteiger partial charge < -0.3 is 14.4 Å². The molecular weight excluding hydrogens is 275 g/mol. The van der Waals surface area contributed by atoms with E-state index in [2.05, 4.69) is 0 Å². The summed E-state index contributed by atoms with van der Waals surface area (Å²) in [6, 6.07) is 5.18. The van der Waals surface area contributed by atoms with Gasteiger partial charge in [0.15, 0.2) is 0 Å². The highest BCUT2D eigenvalue weighted by Gasteiger charge is 2.51. The van der Waals surface area contributed by atoms with Gasteiger partial charge in [-0.15, -0.1) is 0 Å². The third-order valence-corrected chi connectivity index (χ3v) is 4.71. The first-order chi connectivity index (χ1) is 9.12. The van der Waals surface area contributed by atoms with Crippen molar-refractivity contribution in [3.8, 4) is 5.75 Å². The third-order valence-electron chi connectivity index (χ3n) is 3.99. The van der Waals surface area contributed by atoms with Crippen LogP contribution in [-0.4, -0.2) is 33.9 Å². The summed E-state index contributed by atoms with van der Waals surface area (Å²) in [5.74, 6) is 0.472. The van der Waals surface area contributed by atoms with Crippen molar-refractivity contribution < 1.29 is 18.6 Å². The molecule has 1 aliphatic heterocycles. The summed E-state index contributed by atoms with van der Waals surface area (Å²) in [6.45, 7) is 7.98. The van der Waals surface area contributed by atoms with E-state index in [0.717, 1.165) is 5.46 Å². The highest BCUT2D eigenvalue weighted by atomic mass is 32.2. The van der Waals surface area contributed by atoms with Gasteiger partial charge in [0.05, 0.1) is 17.0 Å². The van der Waals surface area contributed by atoms with E-state index in [1.54, 1.807) is 24.5 Å². The minimum Gasteiger partial charge on any atom is -0.508 e. The van der Waals surface area contributed by atoms with Crippen molar-refractivity contribution in [3.05, 3.63) is 23.8 Å². The lowest BCUT2D eigenvalue weighted by atomic mass is 9.78. The summed E-state index contributed by atoms with van der Waals surface area (Å²) in [5.41, 5.74) is 0.687. The van der Waals surface area contributed by atoms with E-state index >= 15 is 0 Å². The normalized spacial score (nSPS) is 21.9. The lowest BCUT2D eigenvalue weighted by Gasteiger charge is -2.32. The summed E-state index contributed by atoms with van der Waals surface area (Å²) in [6.07, 6.45) is 1.61. The Morgan fingerprint density at radius 3 is 2.25 bits per heavy atom. The molecule has 0 aliphatic carbocycles. The van der Waals surface area contributed by atoms with Crippen molar-refractivity contribution in [2.45, 2.75) is 44.6 Å². The summed E-state index contributed by atoms with van der Waals surface area (Å²) in [4.78, 5) is 0. The molecule has 6 heteroatoms. The second-order valence-corrected chi connectivity index (χ2v) is 7.63. The smallest absolute Gasteiger partial charge is 0.494 e. The Balaban J connectivity index is 2.29. The van der Waals surface area contributed by atoms with Crippen LogP contribution >= 0.6 is 0 Å². The highest BCUT2D eigenvalue weighted by Crippen LogP contribution is 2.36. The third kappa shape index (κ3) is 2.92. The van der Waals surface area contributed by atoms with Crippen LogP contribution in [0.1, 0.15) is 33.3 Å². The minimum atomic E-state index is -1.01. The van der Waals surface area contributed by atoms with Gasteiger partial charge in [0.1, 0.15) is 5.75 Å². The predicted molar refractivity (Wildman–Crippen MR) is 81.6 cm³/mol. The van der Waals surface area contributed by atoms with Gasteiger partial charge in [-0.3, -0.25) is 4.21 Å². The molecule has 1 atom stereocenters. The van der Waals surface area contributed by atoms with E-state index in [1.807, 2.05) is 27.7 Å². The fourth-order valence-corrected chi connectivity index (χ4v) is 2.73. The average molecular weight is 296 g/mol. The molecule has 0 spiro atoms. The molecule has 2 rings (SSSR count). The Morgan fingerprint density at radius 1 is 1.20 bits per heavy atom. The summed E-state index contributed by atoms with van der Waals surface area (Å²) in [7, 11) is -1.48. The van der Waals surface area contributed by atoms with Crippen molar-refractivity contribution in [2.24, 2.45) is 0 Å². The Kier molecular flexibility index (Phi) is 4.02. The van der Waals surface area contributed by atoms with Gasteiger partial charge in [0, 0.05) is 22.6 Å². The van der Waals surface area contributed by atoms with Gasteiger partial charge in [-0.05, 0) is 39.2 Å². The zero-order valence-electron chi connectivity index (χ0n) is 12.6. The summed E-state index contributed by atoms with van der Waals surface area (Å²) < 4.78 is 23.3. The van der Waals surface area contributed by atoms with Crippen LogP contribution in [0.2, 0.25) is 0 Å². The Bertz CT molecular complexity index is 526. The van der Waals surface area contributed by atoms with Crippen LogP contribution in [0.5, 0.6) is 5.75 Å². The molecule has 1 saturated heterocycles. The zero-order chi connectivity index (χ0) is 15.1. The number of hydrogen-bond acceptors (Lipinski definition) is 4. The van der Waals surface area contributed by atoms with Crippen LogP contribution in [0.25, 0.3) is 0 Å².